The van der Waals surface area contributed by atoms with Crippen molar-refractivity contribution in [1.29, 1.82) is 0 Å². The number of carbonyl (C=O) groups excluding carboxylic acids is 1. The largest absolute Gasteiger partial charge is 0.508 e. The fraction of sp³-hybridized carbons (Fsp3) is 0. The van der Waals surface area contributed by atoms with Crippen molar-refractivity contribution >= 4 is 6.29 Å². The molecule has 0 unspecified atom stereocenters. The highest BCUT2D eigenvalue weighted by molar-refractivity contribution is 5.80. The molecule has 0 aliphatic heterocycles. The second kappa shape index (κ2) is 4.65. The van der Waals surface area contributed by atoms with Crippen molar-refractivity contribution in [1.82, 2.24) is 0 Å². The number of hydrogen-bond donors (Lipinski definition) is 1. The molecule has 0 bridgehead atoms. The van der Waals surface area contributed by atoms with Gasteiger partial charge in [-0.1, -0.05) is 0 Å². The number of phenols is 1. The summed E-state index contributed by atoms with van der Waals surface area (Å²) in [5, 5.41) is 9.30. The lowest BCUT2D eigenvalue weighted by molar-refractivity contribution is 0.112. The van der Waals surface area contributed by atoms with Crippen LogP contribution in [0.15, 0.2) is 42.5 Å². The van der Waals surface area contributed by atoms with Crippen molar-refractivity contribution in [2.75, 3.05) is 0 Å². The zero-order chi connectivity index (χ0) is 12.3. The average molecular weight is 232 g/mol. The molecule has 86 valence electrons. The number of aromatic hydroxyl groups is 1. The normalized spacial score (nSPS) is 9.94. The van der Waals surface area contributed by atoms with E-state index in [-0.39, 0.29) is 17.3 Å². The molecule has 1 N–H and O–H groups in total. The van der Waals surface area contributed by atoms with Crippen LogP contribution in [0.3, 0.4) is 0 Å². The minimum atomic E-state index is -0.371. The van der Waals surface area contributed by atoms with Crippen molar-refractivity contribution in [2.45, 2.75) is 0 Å². The highest BCUT2D eigenvalue weighted by Crippen LogP contribution is 2.27. The van der Waals surface area contributed by atoms with Crippen LogP contribution in [0.2, 0.25) is 0 Å². The maximum absolute atomic E-state index is 12.7. The molecule has 0 amide bonds. The van der Waals surface area contributed by atoms with E-state index < -0.39 is 0 Å². The van der Waals surface area contributed by atoms with Crippen molar-refractivity contribution in [3.05, 3.63) is 53.8 Å². The summed E-state index contributed by atoms with van der Waals surface area (Å²) < 4.78 is 18.1. The molecule has 17 heavy (non-hydrogen) atoms. The van der Waals surface area contributed by atoms with E-state index in [1.165, 1.54) is 42.5 Å². The Hall–Kier alpha value is -2.36. The summed E-state index contributed by atoms with van der Waals surface area (Å²) in [5.41, 5.74) is 0.312. The van der Waals surface area contributed by atoms with Crippen molar-refractivity contribution < 1.29 is 19.0 Å². The summed E-state index contributed by atoms with van der Waals surface area (Å²) in [5.74, 6) is 0.239. The van der Waals surface area contributed by atoms with E-state index >= 15 is 0 Å². The monoisotopic (exact) mass is 232 g/mol. The van der Waals surface area contributed by atoms with Crippen LogP contribution in [0.5, 0.6) is 17.2 Å². The minimum absolute atomic E-state index is 0.00675. The lowest BCUT2D eigenvalue weighted by atomic mass is 10.2. The molecular weight excluding hydrogens is 223 g/mol. The third kappa shape index (κ3) is 2.60. The highest BCUT2D eigenvalue weighted by atomic mass is 19.1. The molecule has 3 nitrogen and oxygen atoms in total. The highest BCUT2D eigenvalue weighted by Gasteiger charge is 2.05. The van der Waals surface area contributed by atoms with Gasteiger partial charge in [0.2, 0.25) is 0 Å². The maximum Gasteiger partial charge on any atom is 0.153 e. The fourth-order valence-electron chi connectivity index (χ4n) is 1.34. The summed E-state index contributed by atoms with van der Waals surface area (Å²) in [7, 11) is 0. The number of rotatable bonds is 3. The predicted octanol–water partition coefficient (Wildman–Crippen LogP) is 3.14. The molecule has 0 saturated heterocycles. The Morgan fingerprint density at radius 3 is 2.47 bits per heavy atom. The van der Waals surface area contributed by atoms with Gasteiger partial charge in [0.15, 0.2) is 6.29 Å². The number of aldehydes is 1. The molecule has 0 atom stereocenters. The van der Waals surface area contributed by atoms with Gasteiger partial charge in [-0.25, -0.2) is 4.39 Å². The maximum atomic E-state index is 12.7. The third-order valence-corrected chi connectivity index (χ3v) is 2.17. The Morgan fingerprint density at radius 2 is 1.82 bits per heavy atom. The van der Waals surface area contributed by atoms with Crippen molar-refractivity contribution in [3.63, 3.8) is 0 Å². The summed E-state index contributed by atoms with van der Waals surface area (Å²) in [6.07, 6.45) is 0.623. The van der Waals surface area contributed by atoms with Crippen LogP contribution < -0.4 is 4.74 Å². The van der Waals surface area contributed by atoms with Gasteiger partial charge in [0.05, 0.1) is 5.56 Å². The van der Waals surface area contributed by atoms with Crippen LogP contribution in [0.1, 0.15) is 10.4 Å². The number of carbonyl (C=O) groups is 1. The van der Waals surface area contributed by atoms with E-state index in [0.717, 1.165) is 0 Å². The Bertz CT molecular complexity index is 535. The van der Waals surface area contributed by atoms with Gasteiger partial charge in [-0.3, -0.25) is 4.79 Å². The van der Waals surface area contributed by atoms with Crippen LogP contribution in [-0.4, -0.2) is 11.4 Å². The van der Waals surface area contributed by atoms with Crippen molar-refractivity contribution in [2.24, 2.45) is 0 Å². The number of ether oxygens (including phenoxy) is 1. The quantitative estimate of drug-likeness (QED) is 0.827. The van der Waals surface area contributed by atoms with Crippen LogP contribution in [0, 0.1) is 5.82 Å². The molecule has 2 aromatic rings. The molecule has 2 aromatic carbocycles. The lowest BCUT2D eigenvalue weighted by Crippen LogP contribution is -1.90. The number of phenolic OH excluding ortho intramolecular Hbond substituents is 1. The minimum Gasteiger partial charge on any atom is -0.508 e. The van der Waals surface area contributed by atoms with Gasteiger partial charge < -0.3 is 9.84 Å². The predicted molar refractivity (Wildman–Crippen MR) is 60.0 cm³/mol. The van der Waals surface area contributed by atoms with E-state index in [0.29, 0.717) is 17.6 Å². The molecule has 0 aliphatic rings. The van der Waals surface area contributed by atoms with Gasteiger partial charge in [0.25, 0.3) is 0 Å². The van der Waals surface area contributed by atoms with Crippen molar-refractivity contribution in [3.8, 4) is 17.2 Å². The van der Waals surface area contributed by atoms with Crippen LogP contribution in [0.4, 0.5) is 4.39 Å². The summed E-state index contributed by atoms with van der Waals surface area (Å²) in [6, 6.07) is 9.54. The smallest absolute Gasteiger partial charge is 0.153 e. The van der Waals surface area contributed by atoms with Crippen LogP contribution >= 0.6 is 0 Å². The standard InChI is InChI=1S/C13H9FO3/c14-10-2-5-12(6-3-10)17-13-7-11(16)4-1-9(13)8-15/h1-8,16H. The molecule has 0 saturated carbocycles. The summed E-state index contributed by atoms with van der Waals surface area (Å²) in [4.78, 5) is 10.8. The number of benzene rings is 2. The first-order valence-corrected chi connectivity index (χ1v) is 4.90. The molecule has 0 aromatic heterocycles. The zero-order valence-corrected chi connectivity index (χ0v) is 8.76. The fourth-order valence-corrected chi connectivity index (χ4v) is 1.34. The molecule has 0 radical (unpaired) electrons. The van der Waals surface area contributed by atoms with Gasteiger partial charge in [-0.05, 0) is 36.4 Å². The van der Waals surface area contributed by atoms with E-state index in [1.807, 2.05) is 0 Å². The molecule has 2 rings (SSSR count). The first kappa shape index (κ1) is 11.1. The molecule has 0 fully saturated rings. The van der Waals surface area contributed by atoms with Gasteiger partial charge in [-0.15, -0.1) is 0 Å². The lowest BCUT2D eigenvalue weighted by Gasteiger charge is -2.08. The van der Waals surface area contributed by atoms with E-state index in [4.69, 9.17) is 4.74 Å². The first-order chi connectivity index (χ1) is 8.19. The molecule has 0 heterocycles. The SMILES string of the molecule is O=Cc1ccc(O)cc1Oc1ccc(F)cc1. The Labute approximate surface area is 97.1 Å². The van der Waals surface area contributed by atoms with Gasteiger partial charge in [0, 0.05) is 6.07 Å². The third-order valence-electron chi connectivity index (χ3n) is 2.17. The van der Waals surface area contributed by atoms with Crippen LogP contribution in [-0.2, 0) is 0 Å². The molecule has 4 heteroatoms. The second-order valence-corrected chi connectivity index (χ2v) is 3.40. The molecule has 0 spiro atoms. The van der Waals surface area contributed by atoms with E-state index in [1.54, 1.807) is 0 Å². The summed E-state index contributed by atoms with van der Waals surface area (Å²) in [6.45, 7) is 0. The Kier molecular flexibility index (Phi) is 3.05. The van der Waals surface area contributed by atoms with Gasteiger partial charge in [-0.2, -0.15) is 0 Å². The first-order valence-electron chi connectivity index (χ1n) is 4.90. The summed E-state index contributed by atoms with van der Waals surface area (Å²) >= 11 is 0. The Balaban J connectivity index is 2.31. The molecular formula is C13H9FO3. The van der Waals surface area contributed by atoms with Crippen LogP contribution in [0.25, 0.3) is 0 Å². The van der Waals surface area contributed by atoms with E-state index in [9.17, 15) is 14.3 Å². The molecule has 0 aliphatic carbocycles. The number of halogens is 1. The van der Waals surface area contributed by atoms with E-state index in [2.05, 4.69) is 0 Å². The van der Waals surface area contributed by atoms with Gasteiger partial charge in [0.1, 0.15) is 23.1 Å². The topological polar surface area (TPSA) is 46.5 Å². The Morgan fingerprint density at radius 1 is 1.12 bits per heavy atom. The number of hydrogen-bond acceptors (Lipinski definition) is 3. The average Bonchev–Trinajstić information content (AvgIpc) is 2.32. The van der Waals surface area contributed by atoms with Gasteiger partial charge >= 0.3 is 0 Å². The zero-order valence-electron chi connectivity index (χ0n) is 8.76. The second-order valence-electron chi connectivity index (χ2n) is 3.40.